The molecule has 0 aliphatic carbocycles. The average Bonchev–Trinajstić information content (AvgIpc) is 3.52. The molecule has 2 aliphatic rings. The first-order valence-electron chi connectivity index (χ1n) is 12.6. The highest BCUT2D eigenvalue weighted by Gasteiger charge is 2.36. The number of aryl methyl sites for hydroxylation is 1. The molecule has 9 nitrogen and oxygen atoms in total. The molecule has 1 N–H and O–H groups in total. The van der Waals surface area contributed by atoms with Crippen LogP contribution in [0, 0.1) is 12.8 Å². The molecule has 1 amide bonds. The third kappa shape index (κ3) is 5.82. The summed E-state index contributed by atoms with van der Waals surface area (Å²) in [6.07, 6.45) is 6.67. The van der Waals surface area contributed by atoms with E-state index in [1.165, 1.54) is 10.7 Å². The molecular weight excluding hydrogens is 480 g/mol. The fourth-order valence-corrected chi connectivity index (χ4v) is 6.80. The first-order chi connectivity index (χ1) is 17.3. The van der Waals surface area contributed by atoms with Crippen molar-refractivity contribution in [1.29, 1.82) is 0 Å². The lowest BCUT2D eigenvalue weighted by molar-refractivity contribution is -0.126. The van der Waals surface area contributed by atoms with E-state index in [2.05, 4.69) is 22.3 Å². The molecule has 196 valence electrons. The summed E-state index contributed by atoms with van der Waals surface area (Å²) in [5, 5.41) is 7.02. The summed E-state index contributed by atoms with van der Waals surface area (Å²) < 4.78 is 39.0. The molecule has 2 fully saturated rings. The van der Waals surface area contributed by atoms with Crippen LogP contribution in [0.25, 0.3) is 12.2 Å². The number of benzene rings is 1. The Bertz CT molecular complexity index is 1170. The lowest BCUT2D eigenvalue weighted by Crippen LogP contribution is -2.46. The van der Waals surface area contributed by atoms with Crippen molar-refractivity contribution in [2.75, 3.05) is 39.8 Å². The second-order valence-electron chi connectivity index (χ2n) is 9.42. The first kappa shape index (κ1) is 26.4. The molecule has 1 atom stereocenters. The SMILES string of the molecule is CCN1CCCC1CNC(=O)C1CCN(S(=O)(=O)c2c(C)noc2C=Cc2ccc(OC)cc2)CC1. The van der Waals surface area contributed by atoms with E-state index in [9.17, 15) is 13.2 Å². The summed E-state index contributed by atoms with van der Waals surface area (Å²) in [5.74, 6) is 0.787. The van der Waals surface area contributed by atoms with Crippen LogP contribution in [-0.2, 0) is 14.8 Å². The van der Waals surface area contributed by atoms with Crippen LogP contribution >= 0.6 is 0 Å². The number of hydrogen-bond donors (Lipinski definition) is 1. The van der Waals surface area contributed by atoms with Gasteiger partial charge in [0.15, 0.2) is 10.7 Å². The zero-order valence-electron chi connectivity index (χ0n) is 21.3. The number of nitrogens with one attached hydrogen (secondary N) is 1. The van der Waals surface area contributed by atoms with E-state index in [0.717, 1.165) is 30.8 Å². The number of sulfonamides is 1. The number of nitrogens with zero attached hydrogens (tertiary/aromatic N) is 3. The fourth-order valence-electron chi connectivity index (χ4n) is 5.08. The molecule has 0 bridgehead atoms. The maximum Gasteiger partial charge on any atom is 0.248 e. The largest absolute Gasteiger partial charge is 0.497 e. The minimum Gasteiger partial charge on any atom is -0.497 e. The summed E-state index contributed by atoms with van der Waals surface area (Å²) in [5.41, 5.74) is 1.20. The van der Waals surface area contributed by atoms with E-state index in [-0.39, 0.29) is 35.6 Å². The van der Waals surface area contributed by atoms with Crippen LogP contribution in [0.15, 0.2) is 33.7 Å². The number of amides is 1. The highest BCUT2D eigenvalue weighted by Crippen LogP contribution is 2.29. The standard InChI is InChI=1S/C26H36N4O5S/c1-4-29-15-5-6-22(29)18-27-26(31)21-13-16-30(17-14-21)36(32,33)25-19(2)28-35-24(25)12-9-20-7-10-23(34-3)11-8-20/h7-12,21-22H,4-6,13-18H2,1-3H3,(H,27,31). The van der Waals surface area contributed by atoms with Crippen LogP contribution in [0.4, 0.5) is 0 Å². The van der Waals surface area contributed by atoms with Crippen LogP contribution in [0.3, 0.4) is 0 Å². The number of hydrogen-bond acceptors (Lipinski definition) is 7. The van der Waals surface area contributed by atoms with Crippen LogP contribution < -0.4 is 10.1 Å². The van der Waals surface area contributed by atoms with Crippen LogP contribution in [-0.4, -0.2) is 74.6 Å². The Hall–Kier alpha value is -2.69. The molecule has 2 saturated heterocycles. The van der Waals surface area contributed by atoms with Gasteiger partial charge in [0.05, 0.1) is 7.11 Å². The van der Waals surface area contributed by atoms with Crippen molar-refractivity contribution >= 4 is 28.1 Å². The van der Waals surface area contributed by atoms with Crippen LogP contribution in [0.2, 0.25) is 0 Å². The minimum atomic E-state index is -3.81. The number of carbonyl (C=O) groups is 1. The summed E-state index contributed by atoms with van der Waals surface area (Å²) >= 11 is 0. The smallest absolute Gasteiger partial charge is 0.248 e. The van der Waals surface area contributed by atoms with Gasteiger partial charge >= 0.3 is 0 Å². The third-order valence-electron chi connectivity index (χ3n) is 7.22. The second kappa shape index (κ2) is 11.6. The molecular formula is C26H36N4O5S. The predicted molar refractivity (Wildman–Crippen MR) is 138 cm³/mol. The molecule has 2 aliphatic heterocycles. The number of rotatable bonds is 9. The summed E-state index contributed by atoms with van der Waals surface area (Å²) in [6, 6.07) is 7.80. The molecule has 1 aromatic heterocycles. The minimum absolute atomic E-state index is 0.0271. The van der Waals surface area contributed by atoms with Crippen molar-refractivity contribution in [3.8, 4) is 5.75 Å². The van der Waals surface area contributed by atoms with Gasteiger partial charge in [0.25, 0.3) is 0 Å². The molecule has 1 aromatic carbocycles. The normalized spacial score (nSPS) is 20.2. The van der Waals surface area contributed by atoms with E-state index in [1.807, 2.05) is 24.3 Å². The third-order valence-corrected chi connectivity index (χ3v) is 9.27. The van der Waals surface area contributed by atoms with Crippen molar-refractivity contribution in [2.45, 2.75) is 50.5 Å². The Labute approximate surface area is 213 Å². The maximum atomic E-state index is 13.5. The summed E-state index contributed by atoms with van der Waals surface area (Å²) in [6.45, 7) is 7.10. The lowest BCUT2D eigenvalue weighted by atomic mass is 9.97. The number of ether oxygens (including phenoxy) is 1. The van der Waals surface area contributed by atoms with Gasteiger partial charge in [-0.25, -0.2) is 8.42 Å². The molecule has 10 heteroatoms. The fraction of sp³-hybridized carbons (Fsp3) is 0.538. The molecule has 0 saturated carbocycles. The lowest BCUT2D eigenvalue weighted by Gasteiger charge is -2.31. The van der Waals surface area contributed by atoms with Gasteiger partial charge < -0.3 is 14.6 Å². The highest BCUT2D eigenvalue weighted by molar-refractivity contribution is 7.89. The van der Waals surface area contributed by atoms with Crippen LogP contribution in [0.1, 0.15) is 49.6 Å². The van der Waals surface area contributed by atoms with Gasteiger partial charge in [0.1, 0.15) is 11.4 Å². The van der Waals surface area contributed by atoms with Crippen molar-refractivity contribution in [3.63, 3.8) is 0 Å². The van der Waals surface area contributed by atoms with Crippen molar-refractivity contribution < 1.29 is 22.5 Å². The quantitative estimate of drug-likeness (QED) is 0.546. The Morgan fingerprint density at radius 1 is 1.17 bits per heavy atom. The Morgan fingerprint density at radius 2 is 1.89 bits per heavy atom. The topological polar surface area (TPSA) is 105 Å². The molecule has 3 heterocycles. The zero-order chi connectivity index (χ0) is 25.7. The van der Waals surface area contributed by atoms with E-state index in [1.54, 1.807) is 26.2 Å². The molecule has 1 unspecified atom stereocenters. The number of carbonyl (C=O) groups excluding carboxylic acids is 1. The number of aromatic nitrogens is 1. The summed E-state index contributed by atoms with van der Waals surface area (Å²) in [4.78, 5) is 15.2. The first-order valence-corrected chi connectivity index (χ1v) is 14.1. The predicted octanol–water partition coefficient (Wildman–Crippen LogP) is 3.16. The van der Waals surface area contributed by atoms with Crippen molar-refractivity contribution in [2.24, 2.45) is 5.92 Å². The second-order valence-corrected chi connectivity index (χ2v) is 11.3. The van der Waals surface area contributed by atoms with Gasteiger partial charge in [0, 0.05) is 31.6 Å². The number of piperidine rings is 1. The van der Waals surface area contributed by atoms with Crippen LogP contribution in [0.5, 0.6) is 5.75 Å². The van der Waals surface area contributed by atoms with Crippen molar-refractivity contribution in [1.82, 2.24) is 19.7 Å². The van der Waals surface area contributed by atoms with Crippen molar-refractivity contribution in [3.05, 3.63) is 41.3 Å². The summed E-state index contributed by atoms with van der Waals surface area (Å²) in [7, 11) is -2.21. The molecule has 2 aromatic rings. The number of methoxy groups -OCH3 is 1. The Morgan fingerprint density at radius 3 is 2.56 bits per heavy atom. The van der Waals surface area contributed by atoms with Gasteiger partial charge in [-0.1, -0.05) is 30.3 Å². The molecule has 36 heavy (non-hydrogen) atoms. The van der Waals surface area contributed by atoms with Gasteiger partial charge in [-0.2, -0.15) is 4.31 Å². The Balaban J connectivity index is 1.37. The Kier molecular flexibility index (Phi) is 8.48. The number of likely N-dealkylation sites (N-methyl/N-ethyl adjacent to an activating group) is 1. The van der Waals surface area contributed by atoms with Gasteiger partial charge in [0.2, 0.25) is 15.9 Å². The van der Waals surface area contributed by atoms with E-state index < -0.39 is 10.0 Å². The van der Waals surface area contributed by atoms with Gasteiger partial charge in [-0.15, -0.1) is 0 Å². The monoisotopic (exact) mass is 516 g/mol. The van der Waals surface area contributed by atoms with Gasteiger partial charge in [-0.3, -0.25) is 9.69 Å². The van der Waals surface area contributed by atoms with E-state index in [0.29, 0.717) is 31.1 Å². The maximum absolute atomic E-state index is 13.5. The van der Waals surface area contributed by atoms with E-state index >= 15 is 0 Å². The van der Waals surface area contributed by atoms with Gasteiger partial charge in [-0.05, 0) is 69.5 Å². The average molecular weight is 517 g/mol. The zero-order valence-corrected chi connectivity index (χ0v) is 22.1. The van der Waals surface area contributed by atoms with E-state index in [4.69, 9.17) is 9.26 Å². The number of likely N-dealkylation sites (tertiary alicyclic amines) is 1. The molecule has 0 radical (unpaired) electrons. The molecule has 0 spiro atoms. The highest BCUT2D eigenvalue weighted by atomic mass is 32.2. The molecule has 4 rings (SSSR count).